The fourth-order valence-corrected chi connectivity index (χ4v) is 3.75. The van der Waals surface area contributed by atoms with Crippen LogP contribution in [0, 0.1) is 5.92 Å². The normalized spacial score (nSPS) is 33.6. The van der Waals surface area contributed by atoms with E-state index < -0.39 is 0 Å². The molecule has 3 heteroatoms. The van der Waals surface area contributed by atoms with Crippen LogP contribution in [0.3, 0.4) is 0 Å². The fraction of sp³-hybridized carbons (Fsp3) is 0.625. The molecule has 3 N–H and O–H groups in total. The van der Waals surface area contributed by atoms with Gasteiger partial charge in [0.25, 0.3) is 0 Å². The number of nitrogens with one attached hydrogen (secondary N) is 1. The zero-order valence-corrected chi connectivity index (χ0v) is 11.3. The largest absolute Gasteiger partial charge is 0.399 e. The molecule has 2 aliphatic carbocycles. The van der Waals surface area contributed by atoms with Gasteiger partial charge in [-0.25, -0.2) is 0 Å². The molecule has 1 saturated heterocycles. The van der Waals surface area contributed by atoms with Crippen LogP contribution >= 0.6 is 0 Å². The Balaban J connectivity index is 1.49. The van der Waals surface area contributed by atoms with Crippen molar-refractivity contribution in [1.29, 1.82) is 0 Å². The highest BCUT2D eigenvalue weighted by atomic mass is 16.5. The molecule has 3 unspecified atom stereocenters. The summed E-state index contributed by atoms with van der Waals surface area (Å²) in [4.78, 5) is 0. The molecule has 0 radical (unpaired) electrons. The van der Waals surface area contributed by atoms with E-state index in [1.165, 1.54) is 36.8 Å². The number of nitrogen functional groups attached to an aromatic ring is 1. The number of benzene rings is 1. The molecule has 0 bridgehead atoms. The number of ether oxygens (including phenoxy) is 1. The molecule has 0 spiro atoms. The smallest absolute Gasteiger partial charge is 0.0757 e. The predicted octanol–water partition coefficient (Wildman–Crippen LogP) is 2.41. The summed E-state index contributed by atoms with van der Waals surface area (Å²) in [5.74, 6) is 0.826. The molecular formula is C16H22N2O. The van der Waals surface area contributed by atoms with Crippen molar-refractivity contribution in [2.45, 2.75) is 50.3 Å². The molecule has 3 atom stereocenters. The van der Waals surface area contributed by atoms with Gasteiger partial charge >= 0.3 is 0 Å². The van der Waals surface area contributed by atoms with Crippen LogP contribution in [-0.4, -0.2) is 18.8 Å². The third-order valence-electron chi connectivity index (χ3n) is 4.88. The van der Waals surface area contributed by atoms with Gasteiger partial charge in [0, 0.05) is 24.4 Å². The molecule has 1 aromatic carbocycles. The summed E-state index contributed by atoms with van der Waals surface area (Å²) in [6.45, 7) is 0.931. The summed E-state index contributed by atoms with van der Waals surface area (Å²) in [7, 11) is 0. The molecule has 3 aliphatic rings. The van der Waals surface area contributed by atoms with Crippen molar-refractivity contribution in [1.82, 2.24) is 5.32 Å². The summed E-state index contributed by atoms with van der Waals surface area (Å²) in [6, 6.07) is 7.43. The van der Waals surface area contributed by atoms with E-state index in [1.807, 2.05) is 6.07 Å². The number of hydrogen-bond donors (Lipinski definition) is 2. The Morgan fingerprint density at radius 2 is 2.05 bits per heavy atom. The lowest BCUT2D eigenvalue weighted by Gasteiger charge is -2.24. The molecular weight excluding hydrogens is 236 g/mol. The first-order chi connectivity index (χ1) is 9.31. The number of fused-ring (bicyclic) bond motifs is 1. The second-order valence-electron chi connectivity index (χ2n) is 6.28. The second kappa shape index (κ2) is 4.50. The fourth-order valence-electron chi connectivity index (χ4n) is 3.75. The van der Waals surface area contributed by atoms with Gasteiger partial charge in [0.1, 0.15) is 0 Å². The molecule has 4 rings (SSSR count). The summed E-state index contributed by atoms with van der Waals surface area (Å²) in [5.41, 5.74) is 9.64. The van der Waals surface area contributed by atoms with Gasteiger partial charge in [-0.2, -0.15) is 0 Å². The molecule has 0 aromatic heterocycles. The van der Waals surface area contributed by atoms with Crippen LogP contribution in [0.4, 0.5) is 5.69 Å². The van der Waals surface area contributed by atoms with Gasteiger partial charge in [-0.3, -0.25) is 0 Å². The summed E-state index contributed by atoms with van der Waals surface area (Å²) >= 11 is 0. The highest BCUT2D eigenvalue weighted by molar-refractivity contribution is 5.47. The monoisotopic (exact) mass is 258 g/mol. The first kappa shape index (κ1) is 11.7. The van der Waals surface area contributed by atoms with Crippen LogP contribution < -0.4 is 11.1 Å². The number of aryl methyl sites for hydroxylation is 1. The number of hydrogen-bond acceptors (Lipinski definition) is 3. The molecule has 3 nitrogen and oxygen atoms in total. The first-order valence-corrected chi connectivity index (χ1v) is 7.57. The van der Waals surface area contributed by atoms with Gasteiger partial charge in [-0.1, -0.05) is 6.07 Å². The van der Waals surface area contributed by atoms with Crippen LogP contribution in [-0.2, 0) is 11.2 Å². The van der Waals surface area contributed by atoms with E-state index in [2.05, 4.69) is 17.4 Å². The van der Waals surface area contributed by atoms with Crippen LogP contribution in [0.2, 0.25) is 0 Å². The molecule has 19 heavy (non-hydrogen) atoms. The van der Waals surface area contributed by atoms with Crippen LogP contribution in [0.1, 0.15) is 42.9 Å². The third kappa shape index (κ3) is 2.15. The quantitative estimate of drug-likeness (QED) is 0.819. The molecule has 1 saturated carbocycles. The Kier molecular flexibility index (Phi) is 2.78. The first-order valence-electron chi connectivity index (χ1n) is 7.57. The third-order valence-corrected chi connectivity index (χ3v) is 4.88. The van der Waals surface area contributed by atoms with Gasteiger partial charge in [0.2, 0.25) is 0 Å². The van der Waals surface area contributed by atoms with Crippen LogP contribution in [0.15, 0.2) is 18.2 Å². The van der Waals surface area contributed by atoms with Gasteiger partial charge in [-0.15, -0.1) is 0 Å². The Labute approximate surface area is 114 Å². The maximum atomic E-state index is 5.92. The van der Waals surface area contributed by atoms with Crippen molar-refractivity contribution in [2.24, 2.45) is 5.92 Å². The molecule has 2 fully saturated rings. The molecule has 102 valence electrons. The maximum absolute atomic E-state index is 5.92. The highest BCUT2D eigenvalue weighted by Gasteiger charge is 2.41. The molecule has 1 aliphatic heterocycles. The minimum Gasteiger partial charge on any atom is -0.399 e. The number of anilines is 1. The summed E-state index contributed by atoms with van der Waals surface area (Å²) in [5, 5.41) is 3.86. The van der Waals surface area contributed by atoms with E-state index in [4.69, 9.17) is 10.5 Å². The van der Waals surface area contributed by atoms with E-state index in [9.17, 15) is 0 Å². The van der Waals surface area contributed by atoms with Crippen LogP contribution in [0.25, 0.3) is 0 Å². The zero-order valence-electron chi connectivity index (χ0n) is 11.3. The Bertz CT molecular complexity index is 484. The summed E-state index contributed by atoms with van der Waals surface area (Å²) < 4.78 is 5.92. The van der Waals surface area contributed by atoms with Crippen molar-refractivity contribution >= 4 is 5.69 Å². The number of rotatable bonds is 3. The van der Waals surface area contributed by atoms with E-state index in [0.29, 0.717) is 18.2 Å². The van der Waals surface area contributed by atoms with E-state index in [1.54, 1.807) is 0 Å². The van der Waals surface area contributed by atoms with Crippen molar-refractivity contribution in [3.05, 3.63) is 29.3 Å². The van der Waals surface area contributed by atoms with E-state index in [0.717, 1.165) is 24.6 Å². The minimum absolute atomic E-state index is 0.470. The van der Waals surface area contributed by atoms with Gasteiger partial charge in [-0.05, 0) is 61.3 Å². The maximum Gasteiger partial charge on any atom is 0.0757 e. The van der Waals surface area contributed by atoms with E-state index >= 15 is 0 Å². The van der Waals surface area contributed by atoms with Crippen molar-refractivity contribution in [3.8, 4) is 0 Å². The average Bonchev–Trinajstić information content (AvgIpc) is 3.02. The average molecular weight is 258 g/mol. The van der Waals surface area contributed by atoms with Gasteiger partial charge in [0.05, 0.1) is 6.10 Å². The summed E-state index contributed by atoms with van der Waals surface area (Å²) in [6.07, 6.45) is 6.72. The lowest BCUT2D eigenvalue weighted by molar-refractivity contribution is 0.0788. The van der Waals surface area contributed by atoms with Gasteiger partial charge < -0.3 is 15.8 Å². The predicted molar refractivity (Wildman–Crippen MR) is 75.9 cm³/mol. The molecule has 1 heterocycles. The Morgan fingerprint density at radius 1 is 1.16 bits per heavy atom. The lowest BCUT2D eigenvalue weighted by atomic mass is 10.0. The SMILES string of the molecule is Nc1ccc2c(c1)CCC2NC1CCOC1C1CC1. The topological polar surface area (TPSA) is 47.3 Å². The Hall–Kier alpha value is -1.06. The minimum atomic E-state index is 0.470. The van der Waals surface area contributed by atoms with Crippen molar-refractivity contribution in [3.63, 3.8) is 0 Å². The highest BCUT2D eigenvalue weighted by Crippen LogP contribution is 2.40. The molecule has 1 aromatic rings. The van der Waals surface area contributed by atoms with Crippen molar-refractivity contribution in [2.75, 3.05) is 12.3 Å². The molecule has 0 amide bonds. The van der Waals surface area contributed by atoms with Crippen molar-refractivity contribution < 1.29 is 4.74 Å². The zero-order chi connectivity index (χ0) is 12.8. The van der Waals surface area contributed by atoms with Gasteiger partial charge in [0.15, 0.2) is 0 Å². The van der Waals surface area contributed by atoms with Crippen LogP contribution in [0.5, 0.6) is 0 Å². The van der Waals surface area contributed by atoms with E-state index in [-0.39, 0.29) is 0 Å². The Morgan fingerprint density at radius 3 is 2.89 bits per heavy atom. The second-order valence-corrected chi connectivity index (χ2v) is 6.28. The standard InChI is InChI=1S/C16H22N2O/c17-12-4-5-13-11(9-12)3-6-14(13)18-15-7-8-19-16(15)10-1-2-10/h4-5,9-10,14-16,18H,1-3,6-8,17H2. The number of nitrogens with two attached hydrogens (primary N) is 1. The lowest BCUT2D eigenvalue weighted by Crippen LogP contribution is -2.39.